The molecule has 0 amide bonds. The summed E-state index contributed by atoms with van der Waals surface area (Å²) in [6.07, 6.45) is 9.63. The maximum Gasteiger partial charge on any atom is 0.152 e. The Labute approximate surface area is 141 Å². The predicted molar refractivity (Wildman–Crippen MR) is 90.8 cm³/mol. The first kappa shape index (κ1) is 15.4. The zero-order valence-electron chi connectivity index (χ0n) is 13.6. The van der Waals surface area contributed by atoms with E-state index in [1.807, 2.05) is 0 Å². The molecule has 0 unspecified atom stereocenters. The van der Waals surface area contributed by atoms with Gasteiger partial charge in [0.05, 0.1) is 10.9 Å². The molecule has 0 aromatic rings. The Kier molecular flexibility index (Phi) is 3.44. The van der Waals surface area contributed by atoms with E-state index in [-0.39, 0.29) is 21.8 Å². The molecule has 4 aliphatic rings. The molecule has 0 aromatic heterocycles. The second kappa shape index (κ2) is 4.92. The summed E-state index contributed by atoms with van der Waals surface area (Å²) in [6, 6.07) is 0. The molecule has 4 aliphatic carbocycles. The number of ketones is 1. The summed E-state index contributed by atoms with van der Waals surface area (Å²) in [6.45, 7) is 4.66. The summed E-state index contributed by atoms with van der Waals surface area (Å²) in [7, 11) is 0. The highest BCUT2D eigenvalue weighted by Crippen LogP contribution is 2.64. The normalized spacial score (nSPS) is 54.3. The van der Waals surface area contributed by atoms with Crippen molar-refractivity contribution in [3.05, 3.63) is 11.6 Å². The van der Waals surface area contributed by atoms with Gasteiger partial charge in [-0.1, -0.05) is 41.4 Å². The highest BCUT2D eigenvalue weighted by atomic mass is 79.9. The van der Waals surface area contributed by atoms with Crippen LogP contribution < -0.4 is 0 Å². The first-order chi connectivity index (χ1) is 10.4. The van der Waals surface area contributed by atoms with Crippen LogP contribution in [0.3, 0.4) is 0 Å². The molecule has 0 spiro atoms. The summed E-state index contributed by atoms with van der Waals surface area (Å²) in [5.41, 5.74) is 1.69. The third-order valence-corrected chi connectivity index (χ3v) is 8.57. The molecule has 0 aromatic carbocycles. The average molecular weight is 367 g/mol. The van der Waals surface area contributed by atoms with E-state index in [0.29, 0.717) is 23.5 Å². The van der Waals surface area contributed by atoms with Gasteiger partial charge in [-0.15, -0.1) is 0 Å². The molecule has 0 aliphatic heterocycles. The Balaban J connectivity index is 1.70. The standard InChI is InChI=1S/C19H27BrO2/c1-18-7-5-12(21)9-11(18)3-4-13-14(18)6-8-19(2)15(13)10-16(20)17(19)22/h3,12-16,21H,4-10H2,1-2H3/t12-,13+,14-,15-,16-,18-,19-/m0/s1. The van der Waals surface area contributed by atoms with Crippen molar-refractivity contribution in [2.24, 2.45) is 28.6 Å². The molecule has 3 fully saturated rings. The smallest absolute Gasteiger partial charge is 0.152 e. The first-order valence-electron chi connectivity index (χ1n) is 8.92. The molecular formula is C19H27BrO2. The minimum atomic E-state index is -0.135. The van der Waals surface area contributed by atoms with Crippen molar-refractivity contribution < 1.29 is 9.90 Å². The van der Waals surface area contributed by atoms with Crippen LogP contribution in [0, 0.1) is 28.6 Å². The molecule has 3 heteroatoms. The number of halogens is 1. The number of alkyl halides is 1. The number of allylic oxidation sites excluding steroid dienone is 1. The minimum absolute atomic E-state index is 0.0765. The van der Waals surface area contributed by atoms with Crippen LogP contribution in [0.15, 0.2) is 11.6 Å². The molecule has 0 radical (unpaired) electrons. The van der Waals surface area contributed by atoms with Crippen molar-refractivity contribution >= 4 is 21.7 Å². The van der Waals surface area contributed by atoms with Gasteiger partial charge in [-0.05, 0) is 68.1 Å². The van der Waals surface area contributed by atoms with Gasteiger partial charge in [0.15, 0.2) is 5.78 Å². The van der Waals surface area contributed by atoms with E-state index in [1.165, 1.54) is 12.0 Å². The topological polar surface area (TPSA) is 37.3 Å². The molecule has 2 nitrogen and oxygen atoms in total. The fraction of sp³-hybridized carbons (Fsp3) is 0.842. The molecule has 0 bridgehead atoms. The van der Waals surface area contributed by atoms with Crippen molar-refractivity contribution in [1.82, 2.24) is 0 Å². The maximum atomic E-state index is 12.6. The Bertz CT molecular complexity index is 542. The molecular weight excluding hydrogens is 340 g/mol. The van der Waals surface area contributed by atoms with E-state index in [2.05, 4.69) is 35.9 Å². The number of fused-ring (bicyclic) bond motifs is 5. The Hall–Kier alpha value is -0.150. The van der Waals surface area contributed by atoms with Crippen LogP contribution in [-0.2, 0) is 4.79 Å². The lowest BCUT2D eigenvalue weighted by molar-refractivity contribution is -0.131. The van der Waals surface area contributed by atoms with Gasteiger partial charge in [-0.3, -0.25) is 4.79 Å². The second-order valence-corrected chi connectivity index (χ2v) is 9.78. The first-order valence-corrected chi connectivity index (χ1v) is 9.84. The van der Waals surface area contributed by atoms with Crippen LogP contribution in [0.2, 0.25) is 0 Å². The van der Waals surface area contributed by atoms with Crippen LogP contribution >= 0.6 is 15.9 Å². The average Bonchev–Trinajstić information content (AvgIpc) is 2.72. The van der Waals surface area contributed by atoms with Gasteiger partial charge in [-0.25, -0.2) is 0 Å². The molecule has 3 saturated carbocycles. The number of carbonyl (C=O) groups excluding carboxylic acids is 1. The lowest BCUT2D eigenvalue weighted by Crippen LogP contribution is -2.50. The summed E-state index contributed by atoms with van der Waals surface area (Å²) in [4.78, 5) is 12.7. The largest absolute Gasteiger partial charge is 0.393 e. The molecule has 0 saturated heterocycles. The molecule has 122 valence electrons. The molecule has 0 heterocycles. The SMILES string of the molecule is C[C@]12CC[C@H](O)CC1=CC[C@@H]1[C@@H]2CC[C@]2(C)C(=O)[C@@H](Br)C[C@@H]12. The van der Waals surface area contributed by atoms with E-state index in [1.54, 1.807) is 0 Å². The monoisotopic (exact) mass is 366 g/mol. The zero-order chi connectivity index (χ0) is 15.7. The lowest BCUT2D eigenvalue weighted by Gasteiger charge is -2.56. The maximum absolute atomic E-state index is 12.6. The number of aliphatic hydroxyl groups is 1. The third-order valence-electron chi connectivity index (χ3n) is 7.78. The van der Waals surface area contributed by atoms with Gasteiger partial charge in [0.2, 0.25) is 0 Å². The highest BCUT2D eigenvalue weighted by Gasteiger charge is 2.60. The van der Waals surface area contributed by atoms with Crippen LogP contribution in [0.4, 0.5) is 0 Å². The van der Waals surface area contributed by atoms with Crippen LogP contribution in [0.1, 0.15) is 58.8 Å². The van der Waals surface area contributed by atoms with Gasteiger partial charge < -0.3 is 5.11 Å². The number of rotatable bonds is 0. The Morgan fingerprint density at radius 2 is 1.91 bits per heavy atom. The lowest BCUT2D eigenvalue weighted by atomic mass is 9.48. The van der Waals surface area contributed by atoms with Crippen molar-refractivity contribution in [2.75, 3.05) is 0 Å². The van der Waals surface area contributed by atoms with Crippen LogP contribution in [0.5, 0.6) is 0 Å². The van der Waals surface area contributed by atoms with Gasteiger partial charge in [0.25, 0.3) is 0 Å². The molecule has 7 atom stereocenters. The van der Waals surface area contributed by atoms with E-state index in [9.17, 15) is 9.90 Å². The van der Waals surface area contributed by atoms with Gasteiger partial charge in [0, 0.05) is 5.41 Å². The number of hydrogen-bond acceptors (Lipinski definition) is 2. The second-order valence-electron chi connectivity index (χ2n) is 8.68. The summed E-state index contributed by atoms with van der Waals surface area (Å²) in [5, 5.41) is 10.0. The van der Waals surface area contributed by atoms with Gasteiger partial charge >= 0.3 is 0 Å². The fourth-order valence-electron chi connectivity index (χ4n) is 6.39. The Morgan fingerprint density at radius 3 is 2.68 bits per heavy atom. The fourth-order valence-corrected chi connectivity index (χ4v) is 7.32. The van der Waals surface area contributed by atoms with Crippen molar-refractivity contribution in [2.45, 2.75) is 69.7 Å². The number of Topliss-reactive ketones (excluding diaryl/α,β-unsaturated/α-hetero) is 1. The predicted octanol–water partition coefficient (Wildman–Crippen LogP) is 4.25. The van der Waals surface area contributed by atoms with Gasteiger partial charge in [0.1, 0.15) is 0 Å². The Morgan fingerprint density at radius 1 is 1.18 bits per heavy atom. The van der Waals surface area contributed by atoms with Gasteiger partial charge in [-0.2, -0.15) is 0 Å². The van der Waals surface area contributed by atoms with Crippen molar-refractivity contribution in [3.8, 4) is 0 Å². The van der Waals surface area contributed by atoms with Crippen LogP contribution in [0.25, 0.3) is 0 Å². The molecule has 22 heavy (non-hydrogen) atoms. The minimum Gasteiger partial charge on any atom is -0.393 e. The quantitative estimate of drug-likeness (QED) is 0.513. The van der Waals surface area contributed by atoms with E-state index in [4.69, 9.17) is 0 Å². The summed E-state index contributed by atoms with van der Waals surface area (Å²) in [5.74, 6) is 2.37. The van der Waals surface area contributed by atoms with Crippen molar-refractivity contribution in [1.29, 1.82) is 0 Å². The van der Waals surface area contributed by atoms with Crippen LogP contribution in [-0.4, -0.2) is 21.8 Å². The molecule has 4 rings (SSSR count). The summed E-state index contributed by atoms with van der Waals surface area (Å²) < 4.78 is 0. The van der Waals surface area contributed by atoms with Crippen molar-refractivity contribution in [3.63, 3.8) is 0 Å². The highest BCUT2D eigenvalue weighted by molar-refractivity contribution is 9.10. The number of carbonyl (C=O) groups is 1. The number of hydrogen-bond donors (Lipinski definition) is 1. The number of aliphatic hydroxyl groups excluding tert-OH is 1. The van der Waals surface area contributed by atoms with E-state index >= 15 is 0 Å². The van der Waals surface area contributed by atoms with E-state index < -0.39 is 0 Å². The summed E-state index contributed by atoms with van der Waals surface area (Å²) >= 11 is 3.64. The molecule has 1 N–H and O–H groups in total. The van der Waals surface area contributed by atoms with E-state index in [0.717, 1.165) is 38.5 Å². The third kappa shape index (κ3) is 1.90. The zero-order valence-corrected chi connectivity index (χ0v) is 15.2.